The minimum Gasteiger partial charge on any atom is -0.394 e. The maximum atomic E-state index is 13.5. The highest BCUT2D eigenvalue weighted by atomic mass is 19.1. The third kappa shape index (κ3) is 2.05. The van der Waals surface area contributed by atoms with E-state index in [1.165, 1.54) is 4.90 Å². The van der Waals surface area contributed by atoms with E-state index in [0.717, 1.165) is 6.42 Å². The van der Waals surface area contributed by atoms with Crippen molar-refractivity contribution >= 4 is 6.03 Å². The zero-order valence-electron chi connectivity index (χ0n) is 8.36. The second-order valence-corrected chi connectivity index (χ2v) is 3.86. The number of nitrogens with zero attached hydrogens (tertiary/aromatic N) is 1. The van der Waals surface area contributed by atoms with E-state index >= 15 is 0 Å². The van der Waals surface area contributed by atoms with Crippen LogP contribution < -0.4 is 5.32 Å². The van der Waals surface area contributed by atoms with Crippen LogP contribution in [0.25, 0.3) is 0 Å². The number of amides is 2. The van der Waals surface area contributed by atoms with Crippen LogP contribution in [0, 0.1) is 0 Å². The summed E-state index contributed by atoms with van der Waals surface area (Å²) in [4.78, 5) is 12.8. The standard InChI is InChI=1S/C9H15FN2O3/c10-7-4-6(5-13)15-8(7)12-3-1-2-11-9(12)14/h6-8,13H,1-5H2,(H,11,14)/t6?,7-,8+/m0/s1. The van der Waals surface area contributed by atoms with Crippen LogP contribution in [0.15, 0.2) is 0 Å². The highest BCUT2D eigenvalue weighted by Crippen LogP contribution is 2.26. The zero-order valence-corrected chi connectivity index (χ0v) is 8.36. The van der Waals surface area contributed by atoms with Gasteiger partial charge >= 0.3 is 6.03 Å². The van der Waals surface area contributed by atoms with Gasteiger partial charge in [0.15, 0.2) is 6.23 Å². The van der Waals surface area contributed by atoms with E-state index in [2.05, 4.69) is 5.32 Å². The average Bonchev–Trinajstić information content (AvgIpc) is 2.60. The number of carbonyl (C=O) groups excluding carboxylic acids is 1. The number of nitrogens with one attached hydrogen (secondary N) is 1. The van der Waals surface area contributed by atoms with Gasteiger partial charge in [-0.2, -0.15) is 0 Å². The number of aliphatic hydroxyl groups is 1. The van der Waals surface area contributed by atoms with Gasteiger partial charge in [-0.1, -0.05) is 0 Å². The number of hydrogen-bond acceptors (Lipinski definition) is 3. The Morgan fingerprint density at radius 3 is 3.07 bits per heavy atom. The van der Waals surface area contributed by atoms with Gasteiger partial charge in [-0.05, 0) is 6.42 Å². The van der Waals surface area contributed by atoms with Gasteiger partial charge in [0, 0.05) is 19.5 Å². The zero-order chi connectivity index (χ0) is 10.8. The van der Waals surface area contributed by atoms with Gasteiger partial charge in [0.25, 0.3) is 0 Å². The minimum absolute atomic E-state index is 0.158. The van der Waals surface area contributed by atoms with Crippen molar-refractivity contribution in [1.29, 1.82) is 0 Å². The first-order valence-corrected chi connectivity index (χ1v) is 5.17. The van der Waals surface area contributed by atoms with Crippen molar-refractivity contribution in [1.82, 2.24) is 10.2 Å². The molecule has 86 valence electrons. The first-order chi connectivity index (χ1) is 7.22. The van der Waals surface area contributed by atoms with E-state index in [9.17, 15) is 9.18 Å². The van der Waals surface area contributed by atoms with E-state index in [4.69, 9.17) is 9.84 Å². The first kappa shape index (κ1) is 10.6. The van der Waals surface area contributed by atoms with Gasteiger partial charge in [0.2, 0.25) is 0 Å². The summed E-state index contributed by atoms with van der Waals surface area (Å²) in [7, 11) is 0. The molecule has 2 aliphatic rings. The van der Waals surface area contributed by atoms with Crippen LogP contribution in [0.4, 0.5) is 9.18 Å². The van der Waals surface area contributed by atoms with Crippen LogP contribution >= 0.6 is 0 Å². The van der Waals surface area contributed by atoms with Crippen LogP contribution in [0.5, 0.6) is 0 Å². The summed E-state index contributed by atoms with van der Waals surface area (Å²) in [5.41, 5.74) is 0. The van der Waals surface area contributed by atoms with Gasteiger partial charge in [0.05, 0.1) is 12.7 Å². The molecule has 0 aromatic carbocycles. The fraction of sp³-hybridized carbons (Fsp3) is 0.889. The highest BCUT2D eigenvalue weighted by Gasteiger charge is 2.41. The molecule has 0 spiro atoms. The number of carbonyl (C=O) groups is 1. The molecule has 2 N–H and O–H groups in total. The second kappa shape index (κ2) is 4.32. The second-order valence-electron chi connectivity index (χ2n) is 3.86. The molecule has 2 heterocycles. The van der Waals surface area contributed by atoms with Crippen LogP contribution in [0.1, 0.15) is 12.8 Å². The topological polar surface area (TPSA) is 61.8 Å². The van der Waals surface area contributed by atoms with Gasteiger partial charge in [0.1, 0.15) is 6.17 Å². The summed E-state index contributed by atoms with van der Waals surface area (Å²) in [6, 6.07) is -0.285. The first-order valence-electron chi connectivity index (χ1n) is 5.17. The van der Waals surface area contributed by atoms with Crippen molar-refractivity contribution in [2.75, 3.05) is 19.7 Å². The van der Waals surface area contributed by atoms with Gasteiger partial charge < -0.3 is 15.2 Å². The molecule has 0 saturated carbocycles. The molecule has 0 aliphatic carbocycles. The van der Waals surface area contributed by atoms with E-state index in [1.54, 1.807) is 0 Å². The number of halogens is 1. The molecule has 5 nitrogen and oxygen atoms in total. The predicted octanol–water partition coefficient (Wildman–Crippen LogP) is -0.153. The molecule has 2 rings (SSSR count). The lowest BCUT2D eigenvalue weighted by atomic mass is 10.2. The Balaban J connectivity index is 2.00. The van der Waals surface area contributed by atoms with Crippen molar-refractivity contribution in [3.63, 3.8) is 0 Å². The van der Waals surface area contributed by atoms with Gasteiger partial charge in [-0.3, -0.25) is 4.90 Å². The summed E-state index contributed by atoms with van der Waals surface area (Å²) in [6.45, 7) is 0.934. The van der Waals surface area contributed by atoms with Crippen LogP contribution in [-0.4, -0.2) is 54.2 Å². The lowest BCUT2D eigenvalue weighted by molar-refractivity contribution is -0.0688. The number of hydrogen-bond donors (Lipinski definition) is 2. The summed E-state index contributed by atoms with van der Waals surface area (Å²) >= 11 is 0. The average molecular weight is 218 g/mol. The van der Waals surface area contributed by atoms with Gasteiger partial charge in [-0.25, -0.2) is 9.18 Å². The molecular formula is C9H15FN2O3. The molecule has 6 heteroatoms. The molecule has 2 fully saturated rings. The molecular weight excluding hydrogens is 203 g/mol. The van der Waals surface area contributed by atoms with Crippen molar-refractivity contribution < 1.29 is 19.0 Å². The number of alkyl halides is 1. The van der Waals surface area contributed by atoms with Crippen LogP contribution in [-0.2, 0) is 4.74 Å². The highest BCUT2D eigenvalue weighted by molar-refractivity contribution is 5.75. The Kier molecular flexibility index (Phi) is 3.06. The maximum Gasteiger partial charge on any atom is 0.319 e. The Labute approximate surface area is 87.2 Å². The molecule has 2 aliphatic heterocycles. The van der Waals surface area contributed by atoms with E-state index in [1.807, 2.05) is 0 Å². The summed E-state index contributed by atoms with van der Waals surface area (Å²) in [5, 5.41) is 11.5. The molecule has 0 radical (unpaired) electrons. The molecule has 3 atom stereocenters. The number of urea groups is 1. The van der Waals surface area contributed by atoms with Crippen molar-refractivity contribution in [3.05, 3.63) is 0 Å². The Hall–Kier alpha value is -0.880. The fourth-order valence-electron chi connectivity index (χ4n) is 1.98. The SMILES string of the molecule is O=C1NCCCN1[C@@H]1OC(CO)C[C@@H]1F. The molecule has 2 saturated heterocycles. The molecule has 1 unspecified atom stereocenters. The molecule has 2 amide bonds. The van der Waals surface area contributed by atoms with Gasteiger partial charge in [-0.15, -0.1) is 0 Å². The van der Waals surface area contributed by atoms with Crippen molar-refractivity contribution in [2.45, 2.75) is 31.3 Å². The minimum atomic E-state index is -1.20. The fourth-order valence-corrected chi connectivity index (χ4v) is 1.98. The molecule has 0 aromatic rings. The van der Waals surface area contributed by atoms with Crippen LogP contribution in [0.3, 0.4) is 0 Å². The lowest BCUT2D eigenvalue weighted by Crippen LogP contribution is -2.53. The smallest absolute Gasteiger partial charge is 0.319 e. The Bertz CT molecular complexity index is 252. The molecule has 0 aromatic heterocycles. The Morgan fingerprint density at radius 2 is 2.47 bits per heavy atom. The molecule has 15 heavy (non-hydrogen) atoms. The number of rotatable bonds is 2. The maximum absolute atomic E-state index is 13.5. The molecule has 0 bridgehead atoms. The Morgan fingerprint density at radius 1 is 1.67 bits per heavy atom. The monoisotopic (exact) mass is 218 g/mol. The summed E-state index contributed by atoms with van der Waals surface area (Å²) in [6.07, 6.45) is -1.57. The predicted molar refractivity (Wildman–Crippen MR) is 50.0 cm³/mol. The number of aliphatic hydroxyl groups excluding tert-OH is 1. The largest absolute Gasteiger partial charge is 0.394 e. The summed E-state index contributed by atoms with van der Waals surface area (Å²) in [5.74, 6) is 0. The third-order valence-electron chi connectivity index (χ3n) is 2.75. The van der Waals surface area contributed by atoms with Crippen molar-refractivity contribution in [2.24, 2.45) is 0 Å². The quantitative estimate of drug-likeness (QED) is 0.677. The van der Waals surface area contributed by atoms with Crippen LogP contribution in [0.2, 0.25) is 0 Å². The van der Waals surface area contributed by atoms with E-state index in [0.29, 0.717) is 13.1 Å². The third-order valence-corrected chi connectivity index (χ3v) is 2.75. The van der Waals surface area contributed by atoms with Crippen molar-refractivity contribution in [3.8, 4) is 0 Å². The number of ether oxygens (including phenoxy) is 1. The lowest BCUT2D eigenvalue weighted by Gasteiger charge is -2.32. The van der Waals surface area contributed by atoms with E-state index in [-0.39, 0.29) is 19.1 Å². The normalized spacial score (nSPS) is 36.8. The van der Waals surface area contributed by atoms with E-state index < -0.39 is 18.5 Å². The summed E-state index contributed by atoms with van der Waals surface area (Å²) < 4.78 is 18.8.